The van der Waals surface area contributed by atoms with Crippen LogP contribution in [0, 0.1) is 58.6 Å². The molecule has 0 atom stereocenters. The molecular weight excluding hydrogens is 1740 g/mol. The average molecular weight is 1890 g/mol. The van der Waals surface area contributed by atoms with E-state index in [1.54, 1.807) is 90.1 Å². The van der Waals surface area contributed by atoms with E-state index in [-0.39, 0.29) is 101 Å². The maximum atomic E-state index is 7.57. The fourth-order valence-electron chi connectivity index (χ4n) is 10.9. The quantitative estimate of drug-likeness (QED) is 0.0642. The monoisotopic (exact) mass is 1880 g/mol. The zero-order valence-electron chi connectivity index (χ0n) is 81.3. The number of aliphatic imine (C=N–C) groups is 11. The normalized spacial score (nSPS) is 14.4. The first-order valence-corrected chi connectivity index (χ1v) is 42.9. The van der Waals surface area contributed by atoms with Crippen molar-refractivity contribution in [2.75, 3.05) is 103 Å². The summed E-state index contributed by atoms with van der Waals surface area (Å²) in [7, 11) is 16.1. The molecular formula is C87H149N47S. The molecule has 0 unspecified atom stereocenters. The largest absolute Gasteiger partial charge is 0.370 e. The Labute approximate surface area is 797 Å². The number of aromatic nitrogens is 2. The van der Waals surface area contributed by atoms with Crippen LogP contribution >= 0.6 is 11.3 Å². The number of aromatic amines is 2. The van der Waals surface area contributed by atoms with Crippen LogP contribution in [0.5, 0.6) is 0 Å². The summed E-state index contributed by atoms with van der Waals surface area (Å²) in [6, 6.07) is 4.10. The van der Waals surface area contributed by atoms with Gasteiger partial charge in [0.05, 0.1) is 39.3 Å². The number of hydrogen-bond donors (Lipinski definition) is 30. The zero-order valence-corrected chi connectivity index (χ0v) is 82.1. The molecule has 0 bridgehead atoms. The predicted octanol–water partition coefficient (Wildman–Crippen LogP) is 2.38. The summed E-state index contributed by atoms with van der Waals surface area (Å²) in [6.07, 6.45) is 38.9. The van der Waals surface area contributed by atoms with Crippen LogP contribution in [0.1, 0.15) is 112 Å². The van der Waals surface area contributed by atoms with Crippen molar-refractivity contribution in [3.05, 3.63) is 209 Å². The number of nitrogens with zero attached hydrogens (tertiary/aromatic N) is 17. The van der Waals surface area contributed by atoms with Crippen LogP contribution in [0.25, 0.3) is 0 Å². The van der Waals surface area contributed by atoms with Crippen molar-refractivity contribution in [2.45, 2.75) is 120 Å². The van der Waals surface area contributed by atoms with Gasteiger partial charge in [0.2, 0.25) is 29.8 Å². The van der Waals surface area contributed by atoms with Crippen LogP contribution in [0.4, 0.5) is 0 Å². The van der Waals surface area contributed by atoms with Gasteiger partial charge in [0.15, 0.2) is 77.5 Å². The number of guanidine groups is 18. The molecule has 6 aliphatic rings. The number of nitrogens with one attached hydrogen (secondary N) is 13. The number of rotatable bonds is 18. The summed E-state index contributed by atoms with van der Waals surface area (Å²) in [5.74, 6) is 1.48. The molecule has 3 aromatic rings. The third-order valence-corrected chi connectivity index (χ3v) is 19.6. The standard InChI is InChI=1S/2C11H19N5.C10H17N5S.2C10H17N5.C9H16N6.2C9H15N5.C8H14N6/c1-8-4-5-9(6-8)7-14-10(12)15-11(13)16(2)3;1-8-5-4-6-9(8)7-14-10(12)15-11(13)16(2)3;1-7-4-5-8(16-7)6-13-9(11)14-10(12)15(2)3;1-7-3-4-8(5-7)6-15(2)10(13)14-9(11)12;1-7-4-3-5-8(7)6-15(2)10(13)14-9(11)12;1-6-3-13-4-7(6)5-15(2)9(12)14-8(10)11;1-6-2-3-7(4-6)5-13-9(12)14-8(10)11;1-6-3-2-4-7(6)5-13-9(12)14-8(10)11;1-5-2-12-3-6(5)4-13-8(11)14-7(9)10/h5-6H,4,7H2,1-3H3,(H4,12,13,14,15);4,6H,5,7H2,1-3H3,(H4,12,13,14,15);4-5H,6H2,1-3H3,(H4,11,12,13,14);4-5H,3,6H2,1-2H3,(H5,11,12,13,14);3,5H,4,6H2,1-2H3,(H5,11,12,13,14);3-4,13H,5H2,1-2H3,(H5,10,11,12,14);3-4H,2,5H2,1H3,(H6,10,11,12,13,14);2,4H,3,5H2,1H3,(H6,10,11,12,13,14);2-3,12H,4H2,1H3,(H6,9,10,11,13,14). The predicted molar refractivity (Wildman–Crippen MR) is 563 cm³/mol. The van der Waals surface area contributed by atoms with Crippen LogP contribution in [-0.2, 0) is 19.6 Å². The molecule has 0 saturated carbocycles. The summed E-state index contributed by atoms with van der Waals surface area (Å²) in [4.78, 5) is 61.7. The first kappa shape index (κ1) is 117. The van der Waals surface area contributed by atoms with E-state index >= 15 is 0 Å². The average Bonchev–Trinajstić information content (AvgIpc) is 1.79. The summed E-state index contributed by atoms with van der Waals surface area (Å²) in [6.45, 7) is 23.8. The molecule has 3 aromatic heterocycles. The minimum absolute atomic E-state index is 0.0515. The molecule has 9 rings (SSSR count). The van der Waals surface area contributed by atoms with Gasteiger partial charge in [-0.1, -0.05) is 106 Å². The van der Waals surface area contributed by atoms with E-state index in [2.05, 4.69) is 208 Å². The van der Waals surface area contributed by atoms with Crippen molar-refractivity contribution < 1.29 is 0 Å². The second kappa shape index (κ2) is 62.2. The van der Waals surface area contributed by atoms with E-state index in [0.29, 0.717) is 64.9 Å². The molecule has 48 heteroatoms. The molecule has 0 aromatic carbocycles. The Balaban J connectivity index is 0.000000760. The van der Waals surface area contributed by atoms with Crippen LogP contribution in [-0.4, -0.2) is 249 Å². The second-order valence-electron chi connectivity index (χ2n) is 31.5. The van der Waals surface area contributed by atoms with E-state index < -0.39 is 0 Å². The van der Waals surface area contributed by atoms with Gasteiger partial charge in [0.25, 0.3) is 0 Å². The van der Waals surface area contributed by atoms with Crippen molar-refractivity contribution in [1.29, 1.82) is 37.9 Å². The lowest BCUT2D eigenvalue weighted by molar-refractivity contribution is 0.490. The topological polar surface area (TPSA) is 844 Å². The highest BCUT2D eigenvalue weighted by molar-refractivity contribution is 7.11. The molecule has 738 valence electrons. The Morgan fingerprint density at radius 1 is 0.363 bits per heavy atom. The molecule has 47 N–H and O–H groups in total. The molecule has 6 aliphatic carbocycles. The minimum atomic E-state index is -0.272. The summed E-state index contributed by atoms with van der Waals surface area (Å²) in [5.41, 5.74) is 111. The lowest BCUT2D eigenvalue weighted by Gasteiger charge is -2.18. The smallest absolute Gasteiger partial charge is 0.221 e. The van der Waals surface area contributed by atoms with Crippen molar-refractivity contribution in [1.82, 2.24) is 60.6 Å². The molecule has 0 saturated heterocycles. The van der Waals surface area contributed by atoms with Gasteiger partial charge in [0, 0.05) is 118 Å². The number of thiophene rings is 1. The highest BCUT2D eigenvalue weighted by atomic mass is 32.1. The number of allylic oxidation sites excluding steroid dienone is 12. The van der Waals surface area contributed by atoms with E-state index in [1.807, 2.05) is 64.9 Å². The molecule has 3 heterocycles. The molecule has 47 nitrogen and oxygen atoms in total. The lowest BCUT2D eigenvalue weighted by atomic mass is 10.2. The minimum Gasteiger partial charge on any atom is -0.370 e. The Hall–Kier alpha value is -16.2. The molecule has 0 aliphatic heterocycles. The van der Waals surface area contributed by atoms with Crippen molar-refractivity contribution in [2.24, 2.45) is 152 Å². The van der Waals surface area contributed by atoms with Gasteiger partial charge in [-0.15, -0.1) is 11.3 Å². The van der Waals surface area contributed by atoms with Crippen molar-refractivity contribution >= 4 is 119 Å². The summed E-state index contributed by atoms with van der Waals surface area (Å²) in [5, 5.41) is 60.7. The summed E-state index contributed by atoms with van der Waals surface area (Å²) >= 11 is 1.70. The van der Waals surface area contributed by atoms with Crippen LogP contribution < -0.4 is 119 Å². The van der Waals surface area contributed by atoms with Crippen LogP contribution in [0.15, 0.2) is 232 Å². The number of likely N-dealkylation sites (N-methyl/N-ethyl adjacent to an activating group) is 2. The molecule has 135 heavy (non-hydrogen) atoms. The van der Waals surface area contributed by atoms with E-state index in [0.717, 1.165) is 66.4 Å². The third-order valence-electron chi connectivity index (χ3n) is 18.6. The van der Waals surface area contributed by atoms with E-state index in [9.17, 15) is 0 Å². The van der Waals surface area contributed by atoms with Gasteiger partial charge >= 0.3 is 0 Å². The first-order valence-electron chi connectivity index (χ1n) is 42.0. The summed E-state index contributed by atoms with van der Waals surface area (Å²) < 4.78 is 0. The van der Waals surface area contributed by atoms with E-state index in [4.69, 9.17) is 135 Å². The maximum Gasteiger partial charge on any atom is 0.221 e. The Bertz CT molecular complexity index is 5250. The van der Waals surface area contributed by atoms with Gasteiger partial charge < -0.3 is 137 Å². The van der Waals surface area contributed by atoms with Crippen molar-refractivity contribution in [3.8, 4) is 0 Å². The molecule has 0 fully saturated rings. The first-order chi connectivity index (χ1) is 63.2. The fraction of sp³-hybridized carbons (Fsp3) is 0.379. The maximum absolute atomic E-state index is 7.57. The number of hydrogen-bond acceptors (Lipinski definition) is 14. The highest BCUT2D eigenvalue weighted by Gasteiger charge is 2.14. The van der Waals surface area contributed by atoms with Gasteiger partial charge in [-0.25, -0.2) is 30.0 Å². The van der Waals surface area contributed by atoms with Gasteiger partial charge in [-0.2, -0.15) is 25.0 Å². The SMILES string of the molecule is CC1=C(CN(C)C(N)=NC(=N)N)C=CC1.CC1=C(CN=C(N)NC(=N)N(C)C)C=CC1.CC1=C(CN=C(N)NC(=N)N)C=CC1.CC1=CC(CN(C)C(N)=NC(=N)N)=CC1.CC1=CC(CN=C(N)NC(=N)N(C)C)=CC1.CC1=CC(CN=C(N)NC(=N)N)=CC1.Cc1c[nH]cc1CN(C)C(=N)N=C(N)N.Cc1c[nH]cc1CN=C(N)N=C(N)N.Cc1ccc(CN=C(N)N=C(N)N(C)C)s1. The van der Waals surface area contributed by atoms with E-state index in [1.165, 1.54) is 71.1 Å². The van der Waals surface area contributed by atoms with Gasteiger partial charge in [-0.05, 0) is 169 Å². The lowest BCUT2D eigenvalue weighted by Crippen LogP contribution is -2.43. The van der Waals surface area contributed by atoms with Gasteiger partial charge in [-0.3, -0.25) is 59.1 Å². The molecule has 0 radical (unpaired) electrons. The van der Waals surface area contributed by atoms with Crippen LogP contribution in [0.3, 0.4) is 0 Å². The van der Waals surface area contributed by atoms with Crippen molar-refractivity contribution in [3.63, 3.8) is 0 Å². The molecule has 0 spiro atoms. The fourth-order valence-corrected chi connectivity index (χ4v) is 11.7. The Morgan fingerprint density at radius 3 is 1.08 bits per heavy atom. The van der Waals surface area contributed by atoms with Crippen LogP contribution in [0.2, 0.25) is 0 Å². The third kappa shape index (κ3) is 53.5. The zero-order chi connectivity index (χ0) is 102. The number of aryl methyl sites for hydroxylation is 3. The molecule has 0 amide bonds. The second-order valence-corrected chi connectivity index (χ2v) is 32.9. The Morgan fingerprint density at radius 2 is 0.741 bits per heavy atom. The number of nitrogens with two attached hydrogens (primary N) is 17. The Kier molecular flexibility index (Phi) is 53.8. The highest BCUT2D eigenvalue weighted by Crippen LogP contribution is 2.23. The van der Waals surface area contributed by atoms with Gasteiger partial charge in [0.1, 0.15) is 0 Å². The number of H-pyrrole nitrogens is 2.